The van der Waals surface area contributed by atoms with Crippen molar-refractivity contribution in [2.75, 3.05) is 6.54 Å². The molecule has 0 saturated heterocycles. The fourth-order valence-corrected chi connectivity index (χ4v) is 4.80. The maximum atomic E-state index is 12.1. The SMILES string of the molecule is O=C(NCCC1SC(N[C@@H]2CC3C=C[C@@H]2C3)=NC1=O)c1ccc(Cl)nc1. The van der Waals surface area contributed by atoms with Gasteiger partial charge in [0.25, 0.3) is 11.8 Å². The number of amides is 2. The van der Waals surface area contributed by atoms with Crippen molar-refractivity contribution in [3.05, 3.63) is 41.2 Å². The molecule has 2 N–H and O–H groups in total. The number of aliphatic imine (C=N–C) groups is 1. The third-order valence-electron chi connectivity index (χ3n) is 5.01. The molecule has 0 aromatic carbocycles. The molecule has 4 atom stereocenters. The monoisotopic (exact) mass is 390 g/mol. The van der Waals surface area contributed by atoms with Gasteiger partial charge in [0.05, 0.1) is 10.8 Å². The first-order valence-corrected chi connectivity index (χ1v) is 9.98. The minimum absolute atomic E-state index is 0.126. The zero-order valence-corrected chi connectivity index (χ0v) is 15.6. The third kappa shape index (κ3) is 3.78. The van der Waals surface area contributed by atoms with E-state index in [2.05, 4.69) is 32.8 Å². The molecular weight excluding hydrogens is 372 g/mol. The number of thioether (sulfide) groups is 1. The summed E-state index contributed by atoms with van der Waals surface area (Å²) >= 11 is 7.18. The number of fused-ring (bicyclic) bond motifs is 2. The number of pyridine rings is 1. The highest BCUT2D eigenvalue weighted by atomic mass is 35.5. The number of rotatable bonds is 5. The highest BCUT2D eigenvalue weighted by molar-refractivity contribution is 8.15. The van der Waals surface area contributed by atoms with Gasteiger partial charge in [0, 0.05) is 18.8 Å². The van der Waals surface area contributed by atoms with Crippen LogP contribution in [0.2, 0.25) is 5.15 Å². The minimum Gasteiger partial charge on any atom is -0.361 e. The van der Waals surface area contributed by atoms with Crippen molar-refractivity contribution in [3.63, 3.8) is 0 Å². The second-order valence-electron chi connectivity index (χ2n) is 6.81. The Kier molecular flexibility index (Phi) is 5.00. The zero-order chi connectivity index (χ0) is 18.1. The minimum atomic E-state index is -0.240. The summed E-state index contributed by atoms with van der Waals surface area (Å²) < 4.78 is 0. The van der Waals surface area contributed by atoms with Crippen molar-refractivity contribution < 1.29 is 9.59 Å². The van der Waals surface area contributed by atoms with Crippen LogP contribution in [0.25, 0.3) is 0 Å². The van der Waals surface area contributed by atoms with Crippen molar-refractivity contribution in [2.45, 2.75) is 30.6 Å². The van der Waals surface area contributed by atoms with Gasteiger partial charge in [-0.1, -0.05) is 35.5 Å². The van der Waals surface area contributed by atoms with Gasteiger partial charge in [-0.2, -0.15) is 4.99 Å². The number of carbonyl (C=O) groups excluding carboxylic acids is 2. The summed E-state index contributed by atoms with van der Waals surface area (Å²) in [6.45, 7) is 0.407. The van der Waals surface area contributed by atoms with Crippen LogP contribution in [0.1, 0.15) is 29.6 Å². The summed E-state index contributed by atoms with van der Waals surface area (Å²) in [5, 5.41) is 7.07. The van der Waals surface area contributed by atoms with Gasteiger partial charge in [-0.25, -0.2) is 4.98 Å². The molecule has 2 unspecified atom stereocenters. The average molecular weight is 391 g/mol. The van der Waals surface area contributed by atoms with Crippen molar-refractivity contribution in [3.8, 4) is 0 Å². The van der Waals surface area contributed by atoms with E-state index in [4.69, 9.17) is 11.6 Å². The second kappa shape index (κ2) is 7.40. The molecule has 1 aliphatic heterocycles. The van der Waals surface area contributed by atoms with Gasteiger partial charge < -0.3 is 10.6 Å². The van der Waals surface area contributed by atoms with Gasteiger partial charge in [-0.3, -0.25) is 9.59 Å². The molecule has 2 heterocycles. The van der Waals surface area contributed by atoms with Gasteiger partial charge in [0.2, 0.25) is 0 Å². The predicted octanol–water partition coefficient (Wildman–Crippen LogP) is 2.41. The molecule has 0 radical (unpaired) electrons. The number of aromatic nitrogens is 1. The quantitative estimate of drug-likeness (QED) is 0.595. The first-order chi connectivity index (χ1) is 12.6. The fraction of sp³-hybridized carbons (Fsp3) is 0.444. The van der Waals surface area contributed by atoms with E-state index in [9.17, 15) is 9.59 Å². The summed E-state index contributed by atoms with van der Waals surface area (Å²) in [5.41, 5.74) is 0.447. The lowest BCUT2D eigenvalue weighted by molar-refractivity contribution is -0.117. The van der Waals surface area contributed by atoms with Crippen molar-refractivity contribution in [1.29, 1.82) is 0 Å². The van der Waals surface area contributed by atoms with Crippen LogP contribution in [0.3, 0.4) is 0 Å². The lowest BCUT2D eigenvalue weighted by atomic mass is 10.0. The van der Waals surface area contributed by atoms with Crippen LogP contribution in [0.5, 0.6) is 0 Å². The van der Waals surface area contributed by atoms with Crippen molar-refractivity contribution >= 4 is 40.3 Å². The van der Waals surface area contributed by atoms with Crippen molar-refractivity contribution in [2.24, 2.45) is 16.8 Å². The largest absolute Gasteiger partial charge is 0.361 e. The highest BCUT2D eigenvalue weighted by Crippen LogP contribution is 2.39. The van der Waals surface area contributed by atoms with Gasteiger partial charge in [-0.05, 0) is 43.2 Å². The molecule has 1 saturated carbocycles. The summed E-state index contributed by atoms with van der Waals surface area (Å²) in [4.78, 5) is 32.2. The predicted molar refractivity (Wildman–Crippen MR) is 102 cm³/mol. The molecular formula is C18H19ClN4O2S. The Hall–Kier alpha value is -1.86. The maximum absolute atomic E-state index is 12.1. The van der Waals surface area contributed by atoms with Crippen LogP contribution in [0.15, 0.2) is 35.5 Å². The van der Waals surface area contributed by atoms with Gasteiger partial charge in [0.15, 0.2) is 5.17 Å². The molecule has 2 amide bonds. The first kappa shape index (κ1) is 17.5. The molecule has 1 aromatic rings. The lowest BCUT2D eigenvalue weighted by Crippen LogP contribution is -2.35. The molecule has 3 aliphatic rings. The van der Waals surface area contributed by atoms with Crippen LogP contribution in [-0.2, 0) is 4.79 Å². The van der Waals surface area contributed by atoms with Crippen LogP contribution >= 0.6 is 23.4 Å². The lowest BCUT2D eigenvalue weighted by Gasteiger charge is -2.20. The fourth-order valence-electron chi connectivity index (χ4n) is 3.67. The summed E-state index contributed by atoms with van der Waals surface area (Å²) in [5.74, 6) is 0.884. The van der Waals surface area contributed by atoms with Gasteiger partial charge >= 0.3 is 0 Å². The number of nitrogens with zero attached hydrogens (tertiary/aromatic N) is 2. The first-order valence-electron chi connectivity index (χ1n) is 8.72. The maximum Gasteiger partial charge on any atom is 0.261 e. The Morgan fingerprint density at radius 2 is 2.19 bits per heavy atom. The molecule has 2 bridgehead atoms. The van der Waals surface area contributed by atoms with Gasteiger partial charge in [-0.15, -0.1) is 0 Å². The summed E-state index contributed by atoms with van der Waals surface area (Å²) in [6.07, 6.45) is 8.86. The molecule has 6 nitrogen and oxygen atoms in total. The highest BCUT2D eigenvalue weighted by Gasteiger charge is 2.38. The van der Waals surface area contributed by atoms with E-state index in [1.165, 1.54) is 24.4 Å². The average Bonchev–Trinajstić information content (AvgIpc) is 3.32. The number of halogens is 1. The molecule has 4 rings (SSSR count). The Labute approximate surface area is 160 Å². The van der Waals surface area contributed by atoms with E-state index in [0.29, 0.717) is 41.6 Å². The molecule has 26 heavy (non-hydrogen) atoms. The Morgan fingerprint density at radius 1 is 1.31 bits per heavy atom. The van der Waals surface area contributed by atoms with Crippen LogP contribution in [0.4, 0.5) is 0 Å². The summed E-state index contributed by atoms with van der Waals surface area (Å²) in [6, 6.07) is 3.58. The third-order valence-corrected chi connectivity index (χ3v) is 6.39. The van der Waals surface area contributed by atoms with Crippen molar-refractivity contribution in [1.82, 2.24) is 15.6 Å². The normalized spacial score (nSPS) is 29.1. The standard InChI is InChI=1S/C18H19ClN4O2S/c19-15-4-3-12(9-21-15)16(24)20-6-5-14-17(25)23-18(26-14)22-13-8-10-1-2-11(13)7-10/h1-4,9-11,13-14H,5-8H2,(H,20,24)(H,22,23,25)/t10?,11-,13-,14?/m1/s1. The van der Waals surface area contributed by atoms with Crippen LogP contribution in [0, 0.1) is 11.8 Å². The summed E-state index contributed by atoms with van der Waals surface area (Å²) in [7, 11) is 0. The van der Waals surface area contributed by atoms with E-state index >= 15 is 0 Å². The Balaban J connectivity index is 1.22. The number of hydrogen-bond acceptors (Lipinski definition) is 5. The number of allylic oxidation sites excluding steroid dienone is 1. The molecule has 8 heteroatoms. The topological polar surface area (TPSA) is 83.5 Å². The molecule has 136 valence electrons. The van der Waals surface area contributed by atoms with E-state index in [0.717, 1.165) is 11.6 Å². The van der Waals surface area contributed by atoms with Gasteiger partial charge in [0.1, 0.15) is 5.15 Å². The van der Waals surface area contributed by atoms with Crippen LogP contribution < -0.4 is 10.6 Å². The van der Waals surface area contributed by atoms with E-state index in [-0.39, 0.29) is 17.1 Å². The number of nitrogens with one attached hydrogen (secondary N) is 2. The number of carbonyl (C=O) groups is 2. The Morgan fingerprint density at radius 3 is 2.88 bits per heavy atom. The number of hydrogen-bond donors (Lipinski definition) is 2. The van der Waals surface area contributed by atoms with Crippen LogP contribution in [-0.4, -0.2) is 39.8 Å². The van der Waals surface area contributed by atoms with E-state index < -0.39 is 0 Å². The second-order valence-corrected chi connectivity index (χ2v) is 8.39. The Bertz CT molecular complexity index is 780. The molecule has 2 aliphatic carbocycles. The zero-order valence-electron chi connectivity index (χ0n) is 14.0. The molecule has 1 aromatic heterocycles. The number of amidine groups is 1. The molecule has 0 spiro atoms. The van der Waals surface area contributed by atoms with E-state index in [1.807, 2.05) is 0 Å². The molecule has 1 fully saturated rings. The smallest absolute Gasteiger partial charge is 0.261 e. The van der Waals surface area contributed by atoms with E-state index in [1.54, 1.807) is 12.1 Å².